The van der Waals surface area contributed by atoms with E-state index in [1.54, 1.807) is 13.0 Å². The molecule has 0 bridgehead atoms. The molecule has 17 heavy (non-hydrogen) atoms. The molecule has 1 atom stereocenters. The van der Waals surface area contributed by atoms with E-state index in [1.807, 2.05) is 13.0 Å². The highest BCUT2D eigenvalue weighted by molar-refractivity contribution is 5.88. The number of ketones is 1. The molecule has 0 aliphatic carbocycles. The first-order chi connectivity index (χ1) is 7.91. The van der Waals surface area contributed by atoms with Gasteiger partial charge in [0, 0.05) is 0 Å². The molecule has 0 saturated carbocycles. The number of carbonyl (C=O) groups excluding carboxylic acids is 1. The van der Waals surface area contributed by atoms with Gasteiger partial charge >= 0.3 is 0 Å². The van der Waals surface area contributed by atoms with Crippen molar-refractivity contribution < 1.29 is 4.79 Å². The lowest BCUT2D eigenvalue weighted by Crippen LogP contribution is -1.91. The maximum atomic E-state index is 10.8. The van der Waals surface area contributed by atoms with Crippen molar-refractivity contribution in [2.24, 2.45) is 5.92 Å². The van der Waals surface area contributed by atoms with Gasteiger partial charge in [-0.05, 0) is 64.5 Å². The zero-order valence-electron chi connectivity index (χ0n) is 11.9. The average molecular weight is 234 g/mol. The van der Waals surface area contributed by atoms with Crippen molar-refractivity contribution in [1.29, 1.82) is 0 Å². The highest BCUT2D eigenvalue weighted by Crippen LogP contribution is 2.13. The van der Waals surface area contributed by atoms with Crippen LogP contribution in [-0.2, 0) is 4.79 Å². The number of rotatable bonds is 7. The van der Waals surface area contributed by atoms with Gasteiger partial charge in [0.05, 0.1) is 0 Å². The van der Waals surface area contributed by atoms with Crippen molar-refractivity contribution in [1.82, 2.24) is 0 Å². The molecule has 0 aliphatic rings. The maximum Gasteiger partial charge on any atom is 0.152 e. The molecule has 0 saturated heterocycles. The largest absolute Gasteiger partial charge is 0.295 e. The highest BCUT2D eigenvalue weighted by Gasteiger charge is 1.97. The van der Waals surface area contributed by atoms with Crippen molar-refractivity contribution in [3.63, 3.8) is 0 Å². The molecule has 0 aromatic carbocycles. The van der Waals surface area contributed by atoms with Gasteiger partial charge in [-0.2, -0.15) is 0 Å². The van der Waals surface area contributed by atoms with E-state index in [-0.39, 0.29) is 5.78 Å². The fourth-order valence-electron chi connectivity index (χ4n) is 1.63. The molecule has 0 amide bonds. The van der Waals surface area contributed by atoms with E-state index in [9.17, 15) is 4.79 Å². The summed E-state index contributed by atoms with van der Waals surface area (Å²) in [5.41, 5.74) is 2.43. The Bertz CT molecular complexity index is 314. The normalized spacial score (nSPS) is 13.8. The van der Waals surface area contributed by atoms with Gasteiger partial charge in [-0.15, -0.1) is 0 Å². The molecule has 96 valence electrons. The molecule has 0 rings (SSSR count). The van der Waals surface area contributed by atoms with Crippen LogP contribution in [0.4, 0.5) is 0 Å². The topological polar surface area (TPSA) is 17.1 Å². The molecule has 0 aliphatic heterocycles. The van der Waals surface area contributed by atoms with E-state index in [1.165, 1.54) is 18.4 Å². The van der Waals surface area contributed by atoms with Gasteiger partial charge in [-0.1, -0.05) is 30.7 Å². The fourth-order valence-corrected chi connectivity index (χ4v) is 1.63. The average Bonchev–Trinajstić information content (AvgIpc) is 2.15. The Morgan fingerprint density at radius 3 is 2.35 bits per heavy atom. The third-order valence-corrected chi connectivity index (χ3v) is 2.56. The second-order valence-corrected chi connectivity index (χ2v) is 5.10. The van der Waals surface area contributed by atoms with Crippen LogP contribution in [0.2, 0.25) is 0 Å². The van der Waals surface area contributed by atoms with E-state index < -0.39 is 0 Å². The highest BCUT2D eigenvalue weighted by atomic mass is 16.1. The molecule has 0 spiro atoms. The Morgan fingerprint density at radius 1 is 1.18 bits per heavy atom. The second-order valence-electron chi connectivity index (χ2n) is 5.10. The number of hydrogen-bond donors (Lipinski definition) is 0. The molecule has 0 radical (unpaired) electrons. The molecule has 0 heterocycles. The summed E-state index contributed by atoms with van der Waals surface area (Å²) in [6, 6.07) is 0. The molecule has 0 N–H and O–H groups in total. The summed E-state index contributed by atoms with van der Waals surface area (Å²) >= 11 is 0. The van der Waals surface area contributed by atoms with Gasteiger partial charge in [-0.25, -0.2) is 0 Å². The van der Waals surface area contributed by atoms with Gasteiger partial charge in [-0.3, -0.25) is 4.79 Å². The molecule has 1 unspecified atom stereocenters. The van der Waals surface area contributed by atoms with Crippen molar-refractivity contribution >= 4 is 5.78 Å². The lowest BCUT2D eigenvalue weighted by Gasteiger charge is -2.06. The standard InChI is InChI=1S/C16H26O/c1-13(2)8-6-9-14(3)10-7-11-15(4)12-16(5)17/h7-8,11-12,14H,6,9-10H2,1-5H3/b11-7+,15-12+. The molecule has 0 aromatic rings. The van der Waals surface area contributed by atoms with Crippen LogP contribution in [0.15, 0.2) is 35.5 Å². The predicted octanol–water partition coefficient (Wildman–Crippen LogP) is 4.85. The summed E-state index contributed by atoms with van der Waals surface area (Å²) in [5, 5.41) is 0. The third-order valence-electron chi connectivity index (χ3n) is 2.56. The van der Waals surface area contributed by atoms with Crippen LogP contribution in [0.5, 0.6) is 0 Å². The van der Waals surface area contributed by atoms with Gasteiger partial charge in [0.1, 0.15) is 0 Å². The van der Waals surface area contributed by atoms with Gasteiger partial charge < -0.3 is 0 Å². The lowest BCUT2D eigenvalue weighted by molar-refractivity contribution is -0.112. The smallest absolute Gasteiger partial charge is 0.152 e. The monoisotopic (exact) mass is 234 g/mol. The minimum absolute atomic E-state index is 0.115. The fraction of sp³-hybridized carbons (Fsp3) is 0.562. The number of allylic oxidation sites excluding steroid dienone is 6. The zero-order chi connectivity index (χ0) is 13.3. The van der Waals surface area contributed by atoms with Crippen molar-refractivity contribution in [2.75, 3.05) is 0 Å². The van der Waals surface area contributed by atoms with E-state index in [0.29, 0.717) is 5.92 Å². The Hall–Kier alpha value is -1.11. The quantitative estimate of drug-likeness (QED) is 0.349. The first-order valence-corrected chi connectivity index (χ1v) is 6.40. The minimum atomic E-state index is 0.115. The summed E-state index contributed by atoms with van der Waals surface area (Å²) in [5.74, 6) is 0.815. The molecule has 0 aromatic heterocycles. The van der Waals surface area contributed by atoms with E-state index in [2.05, 4.69) is 32.9 Å². The first-order valence-electron chi connectivity index (χ1n) is 6.40. The molecule has 0 fully saturated rings. The number of hydrogen-bond acceptors (Lipinski definition) is 1. The second kappa shape index (κ2) is 8.98. The van der Waals surface area contributed by atoms with Crippen LogP contribution < -0.4 is 0 Å². The Kier molecular flexibility index (Phi) is 8.39. The van der Waals surface area contributed by atoms with Crippen molar-refractivity contribution in [2.45, 2.75) is 53.9 Å². The maximum absolute atomic E-state index is 10.8. The Balaban J connectivity index is 3.91. The summed E-state index contributed by atoms with van der Waals surface area (Å²) in [4.78, 5) is 10.8. The SMILES string of the molecule is CC(=O)/C=C(C)/C=C/CC(C)CCC=C(C)C. The van der Waals surface area contributed by atoms with Crippen molar-refractivity contribution in [3.05, 3.63) is 35.5 Å². The predicted molar refractivity (Wildman–Crippen MR) is 76.0 cm³/mol. The van der Waals surface area contributed by atoms with Crippen LogP contribution in [0.25, 0.3) is 0 Å². The summed E-state index contributed by atoms with van der Waals surface area (Å²) in [6.45, 7) is 10.1. The molecule has 1 heteroatoms. The molecular formula is C16H26O. The van der Waals surface area contributed by atoms with Crippen LogP contribution in [0, 0.1) is 5.92 Å². The zero-order valence-corrected chi connectivity index (χ0v) is 11.9. The summed E-state index contributed by atoms with van der Waals surface area (Å²) < 4.78 is 0. The van der Waals surface area contributed by atoms with E-state index in [4.69, 9.17) is 0 Å². The molecule has 1 nitrogen and oxygen atoms in total. The summed E-state index contributed by atoms with van der Waals surface area (Å²) in [6.07, 6.45) is 11.6. The van der Waals surface area contributed by atoms with Gasteiger partial charge in [0.2, 0.25) is 0 Å². The van der Waals surface area contributed by atoms with Crippen LogP contribution in [0.1, 0.15) is 53.9 Å². The van der Waals surface area contributed by atoms with Crippen LogP contribution in [-0.4, -0.2) is 5.78 Å². The Labute approximate surface area is 106 Å². The van der Waals surface area contributed by atoms with E-state index in [0.717, 1.165) is 12.0 Å². The van der Waals surface area contributed by atoms with Gasteiger partial charge in [0.15, 0.2) is 5.78 Å². The molecular weight excluding hydrogens is 208 g/mol. The number of carbonyl (C=O) groups is 1. The van der Waals surface area contributed by atoms with E-state index >= 15 is 0 Å². The lowest BCUT2D eigenvalue weighted by atomic mass is 10.0. The van der Waals surface area contributed by atoms with Crippen LogP contribution in [0.3, 0.4) is 0 Å². The third kappa shape index (κ3) is 11.2. The van der Waals surface area contributed by atoms with Crippen molar-refractivity contribution in [3.8, 4) is 0 Å². The Morgan fingerprint density at radius 2 is 1.82 bits per heavy atom. The van der Waals surface area contributed by atoms with Gasteiger partial charge in [0.25, 0.3) is 0 Å². The first kappa shape index (κ1) is 15.9. The minimum Gasteiger partial charge on any atom is -0.295 e. The summed E-state index contributed by atoms with van der Waals surface area (Å²) in [7, 11) is 0. The van der Waals surface area contributed by atoms with Crippen LogP contribution >= 0.6 is 0 Å².